The number of hydrogen-bond acceptors (Lipinski definition) is 6. The van der Waals surface area contributed by atoms with Gasteiger partial charge < -0.3 is 9.15 Å². The predicted molar refractivity (Wildman–Crippen MR) is 111 cm³/mol. The molecule has 0 aliphatic heterocycles. The number of rotatable bonds is 10. The van der Waals surface area contributed by atoms with Gasteiger partial charge in [0.2, 0.25) is 10.0 Å². The lowest BCUT2D eigenvalue weighted by Gasteiger charge is -2.17. The van der Waals surface area contributed by atoms with Crippen molar-refractivity contribution in [2.75, 3.05) is 20.2 Å². The zero-order chi connectivity index (χ0) is 22.4. The lowest BCUT2D eigenvalue weighted by Crippen LogP contribution is -2.28. The van der Waals surface area contributed by atoms with Crippen molar-refractivity contribution >= 4 is 27.1 Å². The summed E-state index contributed by atoms with van der Waals surface area (Å²) in [5.74, 6) is -1.43. The highest BCUT2D eigenvalue weighted by Gasteiger charge is 2.20. The van der Waals surface area contributed by atoms with Crippen molar-refractivity contribution in [3.63, 3.8) is 0 Å². The summed E-state index contributed by atoms with van der Waals surface area (Å²) in [7, 11) is -2.35. The van der Waals surface area contributed by atoms with Crippen LogP contribution in [0.3, 0.4) is 0 Å². The minimum absolute atomic E-state index is 0.0130. The summed E-state index contributed by atoms with van der Waals surface area (Å²) in [6, 6.07) is 11.6. The lowest BCUT2D eigenvalue weighted by molar-refractivity contribution is -0.143. The first-order chi connectivity index (χ1) is 14.8. The highest BCUT2D eigenvalue weighted by atomic mass is 32.2. The second-order valence-corrected chi connectivity index (χ2v) is 8.99. The van der Waals surface area contributed by atoms with E-state index in [9.17, 15) is 22.4 Å². The number of ether oxygens (including phenoxy) is 1. The Hall–Kier alpha value is -2.98. The monoisotopic (exact) mass is 450 g/mol. The minimum atomic E-state index is -3.75. The van der Waals surface area contributed by atoms with Gasteiger partial charge in [-0.2, -0.15) is 0 Å². The first-order valence-electron chi connectivity index (χ1n) is 9.75. The van der Waals surface area contributed by atoms with Crippen LogP contribution in [0.25, 0.3) is 11.1 Å². The molecule has 0 atom stereocenters. The zero-order valence-corrected chi connectivity index (χ0v) is 17.8. The fraction of sp³-hybridized carbons (Fsp3) is 0.333. The van der Waals surface area contributed by atoms with Crippen LogP contribution in [0.4, 0.5) is 4.39 Å². The van der Waals surface area contributed by atoms with E-state index >= 15 is 0 Å². The van der Waals surface area contributed by atoms with Gasteiger partial charge in [-0.1, -0.05) is 12.1 Å². The molecule has 0 fully saturated rings. The molecule has 3 aromatic rings. The number of para-hydroxylation sites is 2. The number of esters is 1. The second-order valence-electron chi connectivity index (χ2n) is 6.95. The molecule has 0 bridgehead atoms. The van der Waals surface area contributed by atoms with Gasteiger partial charge in [0, 0.05) is 26.6 Å². The molecule has 31 heavy (non-hydrogen) atoms. The van der Waals surface area contributed by atoms with E-state index in [1.807, 2.05) is 0 Å². The van der Waals surface area contributed by atoms with Crippen LogP contribution in [-0.2, 0) is 26.1 Å². The number of hydrogen-bond donors (Lipinski definition) is 0. The van der Waals surface area contributed by atoms with Gasteiger partial charge in [0.05, 0.1) is 17.0 Å². The van der Waals surface area contributed by atoms with Crippen molar-refractivity contribution in [3.8, 4) is 0 Å². The minimum Gasteiger partial charge on any atom is -0.466 e. The molecule has 8 nitrogen and oxygen atoms in total. The summed E-state index contributed by atoms with van der Waals surface area (Å²) >= 11 is 0. The Labute approximate surface area is 178 Å². The quantitative estimate of drug-likeness (QED) is 0.348. The van der Waals surface area contributed by atoms with Crippen LogP contribution in [0, 0.1) is 5.82 Å². The maximum absolute atomic E-state index is 13.0. The third-order valence-corrected chi connectivity index (χ3v) is 6.61. The summed E-state index contributed by atoms with van der Waals surface area (Å²) in [4.78, 5) is 23.8. The molecule has 0 saturated carbocycles. The summed E-state index contributed by atoms with van der Waals surface area (Å²) in [5.41, 5.74) is 1.19. The van der Waals surface area contributed by atoms with Crippen LogP contribution < -0.4 is 5.76 Å². The van der Waals surface area contributed by atoms with Crippen molar-refractivity contribution in [1.82, 2.24) is 8.87 Å². The van der Waals surface area contributed by atoms with Crippen LogP contribution in [-0.4, -0.2) is 43.5 Å². The van der Waals surface area contributed by atoms with Gasteiger partial charge in [0.1, 0.15) is 5.82 Å². The summed E-state index contributed by atoms with van der Waals surface area (Å²) < 4.78 is 50.7. The normalized spacial score (nSPS) is 11.8. The Kier molecular flexibility index (Phi) is 7.24. The predicted octanol–water partition coefficient (Wildman–Crippen LogP) is 2.77. The van der Waals surface area contributed by atoms with Gasteiger partial charge >= 0.3 is 11.7 Å². The molecular weight excluding hydrogens is 427 g/mol. The van der Waals surface area contributed by atoms with Gasteiger partial charge in [-0.15, -0.1) is 0 Å². The van der Waals surface area contributed by atoms with E-state index in [-0.39, 0.29) is 30.9 Å². The topological polar surface area (TPSA) is 98.8 Å². The van der Waals surface area contributed by atoms with E-state index in [2.05, 4.69) is 0 Å². The molecule has 10 heteroatoms. The maximum Gasteiger partial charge on any atom is 0.419 e. The van der Waals surface area contributed by atoms with Crippen LogP contribution in [0.5, 0.6) is 0 Å². The zero-order valence-electron chi connectivity index (χ0n) is 17.0. The Bertz CT molecular complexity index is 1200. The van der Waals surface area contributed by atoms with Crippen LogP contribution in [0.15, 0.2) is 62.6 Å². The van der Waals surface area contributed by atoms with Crippen LogP contribution in [0.2, 0.25) is 0 Å². The maximum atomic E-state index is 13.0. The molecule has 2 aromatic carbocycles. The first-order valence-corrected chi connectivity index (χ1v) is 11.2. The molecule has 0 unspecified atom stereocenters. The standard InChI is InChI=1S/C21H23FN2O6S/c1-23(31(27,28)17-11-9-16(22)10-12-17)13-4-8-20(25)29-15-5-14-24-18-6-2-3-7-19(18)30-21(24)26/h2-3,6-7,9-12H,4-5,8,13-15H2,1H3. The molecule has 0 aliphatic rings. The number of aryl methyl sites for hydroxylation is 1. The van der Waals surface area contributed by atoms with Gasteiger partial charge in [-0.3, -0.25) is 9.36 Å². The Balaban J connectivity index is 1.40. The third kappa shape index (κ3) is 5.59. The van der Waals surface area contributed by atoms with E-state index in [0.29, 0.717) is 24.1 Å². The molecule has 0 radical (unpaired) electrons. The molecular formula is C21H23FN2O6S. The van der Waals surface area contributed by atoms with E-state index in [1.54, 1.807) is 24.3 Å². The molecule has 0 spiro atoms. The van der Waals surface area contributed by atoms with Crippen molar-refractivity contribution in [3.05, 3.63) is 64.9 Å². The van der Waals surface area contributed by atoms with E-state index in [4.69, 9.17) is 9.15 Å². The number of benzene rings is 2. The molecule has 0 amide bonds. The highest BCUT2D eigenvalue weighted by Crippen LogP contribution is 2.15. The van der Waals surface area contributed by atoms with Gasteiger partial charge in [0.25, 0.3) is 0 Å². The smallest absolute Gasteiger partial charge is 0.419 e. The van der Waals surface area contributed by atoms with Crippen LogP contribution >= 0.6 is 0 Å². The number of halogens is 1. The number of fused-ring (bicyclic) bond motifs is 1. The number of carbonyl (C=O) groups excluding carboxylic acids is 1. The average molecular weight is 450 g/mol. The first kappa shape index (κ1) is 22.7. The molecule has 0 aliphatic carbocycles. The molecule has 166 valence electrons. The highest BCUT2D eigenvalue weighted by molar-refractivity contribution is 7.89. The molecule has 1 heterocycles. The number of nitrogens with zero attached hydrogens (tertiary/aromatic N) is 2. The largest absolute Gasteiger partial charge is 0.466 e. The van der Waals surface area contributed by atoms with Crippen molar-refractivity contribution in [2.24, 2.45) is 0 Å². The lowest BCUT2D eigenvalue weighted by atomic mass is 10.3. The number of aromatic nitrogens is 1. The molecule has 1 aromatic heterocycles. The molecule has 0 saturated heterocycles. The fourth-order valence-electron chi connectivity index (χ4n) is 3.06. The van der Waals surface area contributed by atoms with Gasteiger partial charge in [0.15, 0.2) is 5.58 Å². The van der Waals surface area contributed by atoms with Crippen molar-refractivity contribution in [1.29, 1.82) is 0 Å². The number of sulfonamides is 1. The van der Waals surface area contributed by atoms with Crippen LogP contribution in [0.1, 0.15) is 19.3 Å². The van der Waals surface area contributed by atoms with E-state index < -0.39 is 27.6 Å². The van der Waals surface area contributed by atoms with Gasteiger partial charge in [-0.25, -0.2) is 21.9 Å². The fourth-order valence-corrected chi connectivity index (χ4v) is 4.27. The molecule has 0 N–H and O–H groups in total. The summed E-state index contributed by atoms with van der Waals surface area (Å²) in [6.07, 6.45) is 0.771. The molecule has 3 rings (SSSR count). The average Bonchev–Trinajstić information content (AvgIpc) is 3.06. The Morgan fingerprint density at radius 3 is 2.58 bits per heavy atom. The second kappa shape index (κ2) is 9.88. The number of carbonyl (C=O) groups is 1. The van der Waals surface area contributed by atoms with E-state index in [1.165, 1.54) is 23.7 Å². The SMILES string of the molecule is CN(CCCC(=O)OCCCn1c(=O)oc2ccccc21)S(=O)(=O)c1ccc(F)cc1. The van der Waals surface area contributed by atoms with Gasteiger partial charge in [-0.05, 0) is 49.2 Å². The Morgan fingerprint density at radius 2 is 1.84 bits per heavy atom. The van der Waals surface area contributed by atoms with Crippen molar-refractivity contribution in [2.45, 2.75) is 30.7 Å². The summed E-state index contributed by atoms with van der Waals surface area (Å²) in [6.45, 7) is 0.599. The third-order valence-electron chi connectivity index (χ3n) is 4.74. The summed E-state index contributed by atoms with van der Waals surface area (Å²) in [5, 5.41) is 0. The Morgan fingerprint density at radius 1 is 1.13 bits per heavy atom. The number of oxazole rings is 1. The van der Waals surface area contributed by atoms with Crippen molar-refractivity contribution < 1.29 is 26.8 Å². The van der Waals surface area contributed by atoms with E-state index in [0.717, 1.165) is 16.4 Å².